The molecule has 1 atom stereocenters. The molecule has 0 aliphatic heterocycles. The fourth-order valence-electron chi connectivity index (χ4n) is 2.41. The smallest absolute Gasteiger partial charge is 0.107 e. The summed E-state index contributed by atoms with van der Waals surface area (Å²) >= 11 is 0. The van der Waals surface area contributed by atoms with Gasteiger partial charge >= 0.3 is 0 Å². The molecule has 0 aliphatic carbocycles. The first-order valence-corrected chi connectivity index (χ1v) is 8.37. The largest absolute Gasteiger partial charge is 0.388 e. The molecule has 0 fully saturated rings. The quantitative estimate of drug-likeness (QED) is 0.373. The lowest BCUT2D eigenvalue weighted by Crippen LogP contribution is -2.24. The highest BCUT2D eigenvalue weighted by Crippen LogP contribution is 2.34. The summed E-state index contributed by atoms with van der Waals surface area (Å²) in [6, 6.07) is 9.88. The van der Waals surface area contributed by atoms with Gasteiger partial charge in [-0.05, 0) is 50.1 Å². The molecule has 25 heavy (non-hydrogen) atoms. The number of nitrogens with zero attached hydrogens (tertiary/aromatic N) is 2. The van der Waals surface area contributed by atoms with Crippen molar-refractivity contribution in [3.8, 4) is 23.5 Å². The minimum atomic E-state index is -0.606. The van der Waals surface area contributed by atoms with Crippen LogP contribution < -0.4 is 5.73 Å². The summed E-state index contributed by atoms with van der Waals surface area (Å²) in [5.41, 5.74) is 9.89. The van der Waals surface area contributed by atoms with Crippen molar-refractivity contribution in [2.45, 2.75) is 40.2 Å². The van der Waals surface area contributed by atoms with Gasteiger partial charge in [0.25, 0.3) is 0 Å². The third-order valence-corrected chi connectivity index (χ3v) is 3.89. The molecule has 3 heteroatoms. The Labute approximate surface area is 151 Å². The second kappa shape index (κ2) is 8.84. The fraction of sp³-hybridized carbons (Fsp3) is 0.273. The summed E-state index contributed by atoms with van der Waals surface area (Å²) < 4.78 is 0. The summed E-state index contributed by atoms with van der Waals surface area (Å²) in [5.74, 6) is 3.16. The number of terminal acetylenes is 1. The van der Waals surface area contributed by atoms with E-state index >= 15 is 0 Å². The molecule has 3 nitrogen and oxygen atoms in total. The molecule has 1 heterocycles. The van der Waals surface area contributed by atoms with E-state index in [-0.39, 0.29) is 0 Å². The molecule has 0 amide bonds. The predicted octanol–water partition coefficient (Wildman–Crippen LogP) is 4.92. The van der Waals surface area contributed by atoms with Gasteiger partial charge in [-0.1, -0.05) is 38.5 Å². The van der Waals surface area contributed by atoms with Crippen molar-refractivity contribution in [2.24, 2.45) is 10.7 Å². The Morgan fingerprint density at radius 3 is 2.44 bits per heavy atom. The van der Waals surface area contributed by atoms with E-state index in [0.717, 1.165) is 27.8 Å². The number of aliphatic imine (C=N–C) groups is 1. The summed E-state index contributed by atoms with van der Waals surface area (Å²) in [4.78, 5) is 8.94. The van der Waals surface area contributed by atoms with Crippen molar-refractivity contribution < 1.29 is 0 Å². The van der Waals surface area contributed by atoms with Gasteiger partial charge in [0.2, 0.25) is 0 Å². The van der Waals surface area contributed by atoms with Crippen LogP contribution in [0.15, 0.2) is 59.9 Å². The number of aromatic nitrogens is 1. The van der Waals surface area contributed by atoms with Crippen molar-refractivity contribution in [3.05, 3.63) is 66.0 Å². The molecule has 2 aromatic rings. The van der Waals surface area contributed by atoms with E-state index in [1.165, 1.54) is 0 Å². The average molecular weight is 333 g/mol. The molecule has 2 N–H and O–H groups in total. The van der Waals surface area contributed by atoms with Gasteiger partial charge in [0.15, 0.2) is 0 Å². The van der Waals surface area contributed by atoms with Crippen molar-refractivity contribution in [2.75, 3.05) is 0 Å². The number of amidine groups is 1. The molecule has 2 rings (SSSR count). The SMILES string of the molecule is C#Cc1cccc(-c2cncc(C(C)(N=C(C)N)C(=C)C)c2)c1.CC. The number of hydrogen-bond acceptors (Lipinski definition) is 2. The van der Waals surface area contributed by atoms with Crippen LogP contribution in [0.5, 0.6) is 0 Å². The zero-order chi connectivity index (χ0) is 19.0. The van der Waals surface area contributed by atoms with Gasteiger partial charge in [0.05, 0.1) is 5.84 Å². The Kier molecular flexibility index (Phi) is 7.14. The van der Waals surface area contributed by atoms with Gasteiger partial charge in [-0.15, -0.1) is 6.42 Å². The van der Waals surface area contributed by atoms with E-state index in [2.05, 4.69) is 28.5 Å². The second-order valence-corrected chi connectivity index (χ2v) is 5.79. The Bertz CT molecular complexity index is 808. The third-order valence-electron chi connectivity index (χ3n) is 3.89. The zero-order valence-corrected chi connectivity index (χ0v) is 15.8. The number of rotatable bonds is 4. The monoisotopic (exact) mass is 333 g/mol. The summed E-state index contributed by atoms with van der Waals surface area (Å²) in [5, 5.41) is 0. The first-order chi connectivity index (χ1) is 11.9. The molecule has 0 bridgehead atoms. The van der Waals surface area contributed by atoms with Gasteiger partial charge < -0.3 is 5.73 Å². The molecule has 0 saturated heterocycles. The van der Waals surface area contributed by atoms with Gasteiger partial charge in [0, 0.05) is 29.1 Å². The van der Waals surface area contributed by atoms with Crippen LogP contribution in [0, 0.1) is 12.3 Å². The standard InChI is InChI=1S/C20H21N3.C2H6/c1-6-16-8-7-9-17(10-16)18-11-19(13-22-12-18)20(5,14(2)3)23-15(4)21;1-2/h1,7-13H,2H2,3-5H3,(H2,21,23);1-2H3. The molecular weight excluding hydrogens is 306 g/mol. The minimum Gasteiger partial charge on any atom is -0.388 e. The summed E-state index contributed by atoms with van der Waals surface area (Å²) in [6.07, 6.45) is 9.10. The van der Waals surface area contributed by atoms with Crippen molar-refractivity contribution >= 4 is 5.84 Å². The lowest BCUT2D eigenvalue weighted by Gasteiger charge is -2.27. The van der Waals surface area contributed by atoms with Crippen LogP contribution in [0.2, 0.25) is 0 Å². The zero-order valence-electron chi connectivity index (χ0n) is 15.8. The van der Waals surface area contributed by atoms with Gasteiger partial charge in [0.1, 0.15) is 5.54 Å². The van der Waals surface area contributed by atoms with Crippen LogP contribution in [0.4, 0.5) is 0 Å². The van der Waals surface area contributed by atoms with Crippen LogP contribution in [0.25, 0.3) is 11.1 Å². The van der Waals surface area contributed by atoms with Gasteiger partial charge in [-0.3, -0.25) is 9.98 Å². The first kappa shape index (κ1) is 20.2. The average Bonchev–Trinajstić information content (AvgIpc) is 2.62. The van der Waals surface area contributed by atoms with Crippen molar-refractivity contribution in [1.82, 2.24) is 4.98 Å². The fourth-order valence-corrected chi connectivity index (χ4v) is 2.41. The Balaban J connectivity index is 0.00000151. The topological polar surface area (TPSA) is 51.3 Å². The third kappa shape index (κ3) is 4.81. The molecular formula is C22H27N3. The minimum absolute atomic E-state index is 0.509. The van der Waals surface area contributed by atoms with Crippen LogP contribution in [0.3, 0.4) is 0 Å². The Morgan fingerprint density at radius 2 is 1.88 bits per heavy atom. The highest BCUT2D eigenvalue weighted by molar-refractivity contribution is 5.78. The van der Waals surface area contributed by atoms with Crippen LogP contribution in [-0.2, 0) is 5.54 Å². The molecule has 130 valence electrons. The van der Waals surface area contributed by atoms with E-state index in [0.29, 0.717) is 5.84 Å². The van der Waals surface area contributed by atoms with Crippen LogP contribution in [0.1, 0.15) is 45.7 Å². The molecule has 0 spiro atoms. The molecule has 1 unspecified atom stereocenters. The lowest BCUT2D eigenvalue weighted by atomic mass is 9.86. The molecule has 1 aromatic heterocycles. The number of pyridine rings is 1. The second-order valence-electron chi connectivity index (χ2n) is 5.79. The Morgan fingerprint density at radius 1 is 1.20 bits per heavy atom. The maximum Gasteiger partial charge on any atom is 0.107 e. The van der Waals surface area contributed by atoms with Gasteiger partial charge in [-0.25, -0.2) is 0 Å². The van der Waals surface area contributed by atoms with Crippen molar-refractivity contribution in [1.29, 1.82) is 0 Å². The Hall–Kier alpha value is -2.86. The first-order valence-electron chi connectivity index (χ1n) is 8.37. The van der Waals surface area contributed by atoms with Crippen LogP contribution >= 0.6 is 0 Å². The predicted molar refractivity (Wildman–Crippen MR) is 108 cm³/mol. The van der Waals surface area contributed by atoms with E-state index < -0.39 is 5.54 Å². The van der Waals surface area contributed by atoms with E-state index in [4.69, 9.17) is 12.2 Å². The number of hydrogen-bond donors (Lipinski definition) is 1. The van der Waals surface area contributed by atoms with E-state index in [1.54, 1.807) is 13.1 Å². The molecule has 0 aliphatic rings. The highest BCUT2D eigenvalue weighted by Gasteiger charge is 2.27. The summed E-state index contributed by atoms with van der Waals surface area (Å²) in [6.45, 7) is 13.8. The normalized spacial score (nSPS) is 13.0. The maximum absolute atomic E-state index is 5.81. The lowest BCUT2D eigenvalue weighted by molar-refractivity contribution is 0.589. The highest BCUT2D eigenvalue weighted by atomic mass is 14.9. The van der Waals surface area contributed by atoms with E-state index in [9.17, 15) is 0 Å². The van der Waals surface area contributed by atoms with E-state index in [1.807, 2.05) is 58.2 Å². The van der Waals surface area contributed by atoms with Crippen LogP contribution in [-0.4, -0.2) is 10.8 Å². The number of benzene rings is 1. The molecule has 0 radical (unpaired) electrons. The summed E-state index contributed by atoms with van der Waals surface area (Å²) in [7, 11) is 0. The number of nitrogens with two attached hydrogens (primary N) is 1. The van der Waals surface area contributed by atoms with Gasteiger partial charge in [-0.2, -0.15) is 0 Å². The maximum atomic E-state index is 5.81. The molecule has 1 aromatic carbocycles. The van der Waals surface area contributed by atoms with Crippen molar-refractivity contribution in [3.63, 3.8) is 0 Å². The molecule has 0 saturated carbocycles.